The van der Waals surface area contributed by atoms with Crippen molar-refractivity contribution in [2.24, 2.45) is 5.73 Å². The molecular formula is C10H13ClFNO. The maximum absolute atomic E-state index is 13.4. The minimum absolute atomic E-state index is 0.236. The summed E-state index contributed by atoms with van der Waals surface area (Å²) < 4.78 is 18.4. The molecule has 0 aliphatic heterocycles. The number of methoxy groups -OCH3 is 1. The molecule has 4 heteroatoms. The van der Waals surface area contributed by atoms with Crippen LogP contribution in [0, 0.1) is 5.82 Å². The van der Waals surface area contributed by atoms with Crippen LogP contribution >= 0.6 is 11.6 Å². The maximum Gasteiger partial charge on any atom is 0.138 e. The topological polar surface area (TPSA) is 35.2 Å². The quantitative estimate of drug-likeness (QED) is 0.827. The van der Waals surface area contributed by atoms with Crippen molar-refractivity contribution in [2.75, 3.05) is 7.11 Å². The molecule has 0 aliphatic carbocycles. The van der Waals surface area contributed by atoms with Crippen LogP contribution in [0.25, 0.3) is 0 Å². The summed E-state index contributed by atoms with van der Waals surface area (Å²) in [7, 11) is 1.48. The Labute approximate surface area is 87.8 Å². The molecule has 0 heterocycles. The molecular weight excluding hydrogens is 205 g/mol. The van der Waals surface area contributed by atoms with Crippen LogP contribution in [0.4, 0.5) is 4.39 Å². The Morgan fingerprint density at radius 2 is 2.00 bits per heavy atom. The number of halogens is 2. The molecule has 1 aromatic rings. The van der Waals surface area contributed by atoms with E-state index in [1.165, 1.54) is 19.2 Å². The number of nitrogens with two attached hydrogens (primary N) is 1. The van der Waals surface area contributed by atoms with Crippen LogP contribution in [-0.2, 0) is 5.54 Å². The van der Waals surface area contributed by atoms with Crippen LogP contribution in [0.3, 0.4) is 0 Å². The number of benzene rings is 1. The van der Waals surface area contributed by atoms with E-state index in [0.717, 1.165) is 0 Å². The molecule has 1 rings (SSSR count). The fourth-order valence-corrected chi connectivity index (χ4v) is 1.76. The Morgan fingerprint density at radius 3 is 2.43 bits per heavy atom. The summed E-state index contributed by atoms with van der Waals surface area (Å²) in [5.41, 5.74) is 5.25. The second-order valence-electron chi connectivity index (χ2n) is 3.66. The van der Waals surface area contributed by atoms with Gasteiger partial charge in [-0.05, 0) is 26.0 Å². The SMILES string of the molecule is COc1ccc(F)c(C(C)(C)N)c1Cl. The first-order valence-electron chi connectivity index (χ1n) is 4.19. The van der Waals surface area contributed by atoms with Crippen LogP contribution in [0.1, 0.15) is 19.4 Å². The third-order valence-corrected chi connectivity index (χ3v) is 2.30. The van der Waals surface area contributed by atoms with E-state index in [0.29, 0.717) is 5.75 Å². The summed E-state index contributed by atoms with van der Waals surface area (Å²) in [6.07, 6.45) is 0. The highest BCUT2D eigenvalue weighted by Gasteiger charge is 2.24. The summed E-state index contributed by atoms with van der Waals surface area (Å²) in [6.45, 7) is 3.38. The van der Waals surface area contributed by atoms with E-state index < -0.39 is 11.4 Å². The van der Waals surface area contributed by atoms with E-state index in [1.54, 1.807) is 13.8 Å². The number of ether oxygens (including phenoxy) is 1. The molecule has 78 valence electrons. The van der Waals surface area contributed by atoms with Gasteiger partial charge in [0.05, 0.1) is 12.1 Å². The van der Waals surface area contributed by atoms with Gasteiger partial charge < -0.3 is 10.5 Å². The smallest absolute Gasteiger partial charge is 0.138 e. The zero-order valence-corrected chi connectivity index (χ0v) is 9.15. The van der Waals surface area contributed by atoms with E-state index in [9.17, 15) is 4.39 Å². The van der Waals surface area contributed by atoms with Gasteiger partial charge in [-0.15, -0.1) is 0 Å². The highest BCUT2D eigenvalue weighted by atomic mass is 35.5. The molecule has 0 atom stereocenters. The minimum atomic E-state index is -0.824. The van der Waals surface area contributed by atoms with Crippen molar-refractivity contribution in [1.82, 2.24) is 0 Å². The van der Waals surface area contributed by atoms with E-state index in [2.05, 4.69) is 0 Å². The molecule has 0 bridgehead atoms. The first kappa shape index (κ1) is 11.3. The predicted octanol–water partition coefficient (Wildman–Crippen LogP) is 2.68. The Morgan fingerprint density at radius 1 is 1.43 bits per heavy atom. The van der Waals surface area contributed by atoms with Crippen molar-refractivity contribution in [2.45, 2.75) is 19.4 Å². The lowest BCUT2D eigenvalue weighted by Crippen LogP contribution is -2.30. The molecule has 1 aromatic carbocycles. The monoisotopic (exact) mass is 217 g/mol. The Hall–Kier alpha value is -0.800. The van der Waals surface area contributed by atoms with Gasteiger partial charge in [0.15, 0.2) is 0 Å². The molecule has 0 amide bonds. The molecule has 0 spiro atoms. The molecule has 0 aromatic heterocycles. The molecule has 0 aliphatic rings. The average Bonchev–Trinajstić information content (AvgIpc) is 2.02. The molecule has 0 saturated carbocycles. The van der Waals surface area contributed by atoms with E-state index in [-0.39, 0.29) is 10.6 Å². The molecule has 0 saturated heterocycles. The van der Waals surface area contributed by atoms with Crippen LogP contribution in [0.5, 0.6) is 5.75 Å². The molecule has 14 heavy (non-hydrogen) atoms. The van der Waals surface area contributed by atoms with Crippen LogP contribution in [0.2, 0.25) is 5.02 Å². The maximum atomic E-state index is 13.4. The normalized spacial score (nSPS) is 11.6. The summed E-state index contributed by atoms with van der Waals surface area (Å²) in [6, 6.07) is 2.78. The standard InChI is InChI=1S/C10H13ClFNO/c1-10(2,13)8-6(12)4-5-7(14-3)9(8)11/h4-5H,13H2,1-3H3. The van der Waals surface area contributed by atoms with Crippen LogP contribution < -0.4 is 10.5 Å². The number of rotatable bonds is 2. The molecule has 0 unspecified atom stereocenters. The zero-order chi connectivity index (χ0) is 10.9. The summed E-state index contributed by atoms with van der Waals surface area (Å²) in [4.78, 5) is 0. The predicted molar refractivity (Wildman–Crippen MR) is 55.2 cm³/mol. The summed E-state index contributed by atoms with van der Waals surface area (Å²) in [5, 5.41) is 0.236. The van der Waals surface area contributed by atoms with Crippen molar-refractivity contribution < 1.29 is 9.13 Å². The summed E-state index contributed by atoms with van der Waals surface area (Å²) in [5.74, 6) is 0.0184. The zero-order valence-electron chi connectivity index (χ0n) is 8.40. The van der Waals surface area contributed by atoms with Crippen LogP contribution in [-0.4, -0.2) is 7.11 Å². The van der Waals surface area contributed by atoms with Gasteiger partial charge in [0, 0.05) is 11.1 Å². The lowest BCUT2D eigenvalue weighted by atomic mass is 9.95. The van der Waals surface area contributed by atoms with Gasteiger partial charge in [-0.1, -0.05) is 11.6 Å². The molecule has 2 N–H and O–H groups in total. The van der Waals surface area contributed by atoms with Gasteiger partial charge in [-0.3, -0.25) is 0 Å². The largest absolute Gasteiger partial charge is 0.495 e. The first-order valence-corrected chi connectivity index (χ1v) is 4.57. The third-order valence-electron chi connectivity index (χ3n) is 1.92. The lowest BCUT2D eigenvalue weighted by molar-refractivity contribution is 0.409. The first-order chi connectivity index (χ1) is 6.38. The van der Waals surface area contributed by atoms with E-state index >= 15 is 0 Å². The lowest BCUT2D eigenvalue weighted by Gasteiger charge is -2.22. The molecule has 0 radical (unpaired) electrons. The van der Waals surface area contributed by atoms with Crippen molar-refractivity contribution in [3.05, 3.63) is 28.5 Å². The second-order valence-corrected chi connectivity index (χ2v) is 4.04. The van der Waals surface area contributed by atoms with Gasteiger partial charge in [0.25, 0.3) is 0 Å². The fraction of sp³-hybridized carbons (Fsp3) is 0.400. The van der Waals surface area contributed by atoms with Crippen molar-refractivity contribution in [3.8, 4) is 5.75 Å². The van der Waals surface area contributed by atoms with Crippen molar-refractivity contribution in [3.63, 3.8) is 0 Å². The molecule has 0 fully saturated rings. The Kier molecular flexibility index (Phi) is 3.02. The molecule has 2 nitrogen and oxygen atoms in total. The third kappa shape index (κ3) is 1.99. The highest BCUT2D eigenvalue weighted by molar-refractivity contribution is 6.33. The van der Waals surface area contributed by atoms with Gasteiger partial charge in [0.2, 0.25) is 0 Å². The van der Waals surface area contributed by atoms with Crippen molar-refractivity contribution >= 4 is 11.6 Å². The Balaban J connectivity index is 3.40. The van der Waals surface area contributed by atoms with E-state index in [1.807, 2.05) is 0 Å². The van der Waals surface area contributed by atoms with Gasteiger partial charge in [0.1, 0.15) is 11.6 Å². The average molecular weight is 218 g/mol. The van der Waals surface area contributed by atoms with Gasteiger partial charge in [-0.2, -0.15) is 0 Å². The minimum Gasteiger partial charge on any atom is -0.495 e. The van der Waals surface area contributed by atoms with Gasteiger partial charge >= 0.3 is 0 Å². The summed E-state index contributed by atoms with van der Waals surface area (Å²) >= 11 is 5.95. The van der Waals surface area contributed by atoms with Crippen LogP contribution in [0.15, 0.2) is 12.1 Å². The van der Waals surface area contributed by atoms with Crippen molar-refractivity contribution in [1.29, 1.82) is 0 Å². The Bertz CT molecular complexity index is 347. The van der Waals surface area contributed by atoms with E-state index in [4.69, 9.17) is 22.1 Å². The highest BCUT2D eigenvalue weighted by Crippen LogP contribution is 2.35. The van der Waals surface area contributed by atoms with Gasteiger partial charge in [-0.25, -0.2) is 4.39 Å². The number of hydrogen-bond acceptors (Lipinski definition) is 2. The number of hydrogen-bond donors (Lipinski definition) is 1. The fourth-order valence-electron chi connectivity index (χ4n) is 1.28. The second kappa shape index (κ2) is 3.75.